The second-order valence-electron chi connectivity index (χ2n) is 8.17. The highest BCUT2D eigenvalue weighted by molar-refractivity contribution is 5.90. The molecular formula is C30H26O7. The van der Waals surface area contributed by atoms with Crippen LogP contribution in [0.4, 0.5) is 0 Å². The number of carbonyl (C=O) groups excluding carboxylic acids is 3. The van der Waals surface area contributed by atoms with E-state index in [2.05, 4.69) is 13.2 Å². The topological polar surface area (TPSA) is 99.1 Å². The van der Waals surface area contributed by atoms with Gasteiger partial charge in [0, 0.05) is 22.8 Å². The molecule has 0 aliphatic heterocycles. The van der Waals surface area contributed by atoms with Gasteiger partial charge in [0.15, 0.2) is 0 Å². The summed E-state index contributed by atoms with van der Waals surface area (Å²) in [5, 5.41) is 9.61. The first-order chi connectivity index (χ1) is 17.7. The molecule has 7 heteroatoms. The fraction of sp³-hybridized carbons (Fsp3) is 0.100. The zero-order chi connectivity index (χ0) is 26.9. The van der Waals surface area contributed by atoms with E-state index in [9.17, 15) is 19.5 Å². The van der Waals surface area contributed by atoms with Crippen LogP contribution in [0, 0.1) is 0 Å². The molecule has 0 spiro atoms. The monoisotopic (exact) mass is 498 g/mol. The second kappa shape index (κ2) is 12.3. The van der Waals surface area contributed by atoms with Crippen molar-refractivity contribution in [2.45, 2.75) is 20.5 Å². The van der Waals surface area contributed by atoms with Gasteiger partial charge in [-0.05, 0) is 66.9 Å². The molecule has 0 saturated heterocycles. The van der Waals surface area contributed by atoms with Crippen molar-refractivity contribution in [1.82, 2.24) is 0 Å². The average Bonchev–Trinajstić information content (AvgIpc) is 2.89. The third-order valence-corrected chi connectivity index (χ3v) is 5.04. The molecule has 0 saturated carbocycles. The Bertz CT molecular complexity index is 1360. The zero-order valence-electron chi connectivity index (χ0n) is 20.5. The zero-order valence-corrected chi connectivity index (χ0v) is 20.5. The van der Waals surface area contributed by atoms with Crippen LogP contribution in [0.2, 0.25) is 0 Å². The van der Waals surface area contributed by atoms with Gasteiger partial charge in [-0.15, -0.1) is 0 Å². The maximum atomic E-state index is 12.3. The van der Waals surface area contributed by atoms with Crippen LogP contribution in [0.5, 0.6) is 17.2 Å². The largest absolute Gasteiger partial charge is 0.423 e. The molecule has 0 aromatic heterocycles. The van der Waals surface area contributed by atoms with E-state index in [1.807, 2.05) is 36.4 Å². The van der Waals surface area contributed by atoms with Crippen LogP contribution >= 0.6 is 0 Å². The Morgan fingerprint density at radius 1 is 0.757 bits per heavy atom. The highest BCUT2D eigenvalue weighted by Crippen LogP contribution is 2.26. The molecule has 0 radical (unpaired) electrons. The van der Waals surface area contributed by atoms with E-state index in [4.69, 9.17) is 14.2 Å². The fourth-order valence-electron chi connectivity index (χ4n) is 3.04. The third-order valence-electron chi connectivity index (χ3n) is 5.04. The van der Waals surface area contributed by atoms with Gasteiger partial charge in [0.25, 0.3) is 0 Å². The maximum Gasteiger partial charge on any atom is 0.338 e. The van der Waals surface area contributed by atoms with Gasteiger partial charge in [0.1, 0.15) is 17.2 Å². The van der Waals surface area contributed by atoms with E-state index >= 15 is 0 Å². The van der Waals surface area contributed by atoms with E-state index in [0.717, 1.165) is 16.7 Å². The molecule has 0 fully saturated rings. The Labute approximate surface area is 214 Å². The van der Waals surface area contributed by atoms with Gasteiger partial charge in [-0.25, -0.2) is 14.4 Å². The lowest BCUT2D eigenvalue weighted by molar-refractivity contribution is -0.131. The summed E-state index contributed by atoms with van der Waals surface area (Å²) in [6.45, 7) is 9.77. The van der Waals surface area contributed by atoms with Crippen LogP contribution in [0.15, 0.2) is 97.1 Å². The molecule has 1 N–H and O–H groups in total. The lowest BCUT2D eigenvalue weighted by atomic mass is 10.0. The number of hydrogen-bond donors (Lipinski definition) is 1. The Morgan fingerprint density at radius 3 is 1.81 bits per heavy atom. The minimum atomic E-state index is -0.634. The molecule has 0 aliphatic carbocycles. The average molecular weight is 499 g/mol. The number of hydrogen-bond acceptors (Lipinski definition) is 7. The maximum absolute atomic E-state index is 12.3. The number of ether oxygens (including phenoxy) is 3. The van der Waals surface area contributed by atoms with Gasteiger partial charge >= 0.3 is 17.9 Å². The number of esters is 3. The molecular weight excluding hydrogens is 472 g/mol. The van der Waals surface area contributed by atoms with Gasteiger partial charge < -0.3 is 19.3 Å². The number of rotatable bonds is 9. The van der Waals surface area contributed by atoms with Crippen LogP contribution in [-0.4, -0.2) is 23.0 Å². The van der Waals surface area contributed by atoms with Crippen LogP contribution < -0.4 is 14.2 Å². The lowest BCUT2D eigenvalue weighted by Crippen LogP contribution is -2.09. The molecule has 0 bridgehead atoms. The first-order valence-electron chi connectivity index (χ1n) is 11.3. The van der Waals surface area contributed by atoms with Crippen molar-refractivity contribution in [2.24, 2.45) is 0 Å². The van der Waals surface area contributed by atoms with Gasteiger partial charge in [0.05, 0.1) is 6.61 Å². The van der Waals surface area contributed by atoms with Crippen LogP contribution in [0.25, 0.3) is 17.2 Å². The van der Waals surface area contributed by atoms with Crippen LogP contribution in [0.1, 0.15) is 25.0 Å². The fourth-order valence-corrected chi connectivity index (χ4v) is 3.04. The number of aliphatic hydroxyl groups excluding tert-OH is 1. The summed E-state index contributed by atoms with van der Waals surface area (Å²) < 4.78 is 15.7. The minimum Gasteiger partial charge on any atom is -0.423 e. The summed E-state index contributed by atoms with van der Waals surface area (Å²) in [5.74, 6) is -0.915. The molecule has 3 aromatic carbocycles. The van der Waals surface area contributed by atoms with E-state index in [1.54, 1.807) is 25.1 Å². The molecule has 0 amide bonds. The van der Waals surface area contributed by atoms with Gasteiger partial charge in [-0.1, -0.05) is 49.6 Å². The molecule has 0 atom stereocenters. The van der Waals surface area contributed by atoms with Gasteiger partial charge in [-0.2, -0.15) is 0 Å². The van der Waals surface area contributed by atoms with Crippen LogP contribution in [-0.2, 0) is 21.0 Å². The summed E-state index contributed by atoms with van der Waals surface area (Å²) >= 11 is 0. The van der Waals surface area contributed by atoms with Crippen molar-refractivity contribution >= 4 is 24.0 Å². The van der Waals surface area contributed by atoms with Crippen molar-refractivity contribution in [1.29, 1.82) is 0 Å². The normalized spacial score (nSPS) is 10.6. The quantitative estimate of drug-likeness (QED) is 0.239. The predicted octanol–water partition coefficient (Wildman–Crippen LogP) is 5.43. The van der Waals surface area contributed by atoms with Crippen molar-refractivity contribution in [3.63, 3.8) is 0 Å². The van der Waals surface area contributed by atoms with E-state index in [0.29, 0.717) is 16.9 Å². The summed E-state index contributed by atoms with van der Waals surface area (Å²) in [6.07, 6.45) is 2.88. The number of aliphatic hydroxyl groups is 1. The summed E-state index contributed by atoms with van der Waals surface area (Å²) in [6, 6.07) is 18.9. The first kappa shape index (κ1) is 26.8. The van der Waals surface area contributed by atoms with Gasteiger partial charge in [0.2, 0.25) is 0 Å². The molecule has 188 valence electrons. The molecule has 0 unspecified atom stereocenters. The second-order valence-corrected chi connectivity index (χ2v) is 8.17. The van der Waals surface area contributed by atoms with Crippen LogP contribution in [0.3, 0.4) is 0 Å². The Hall–Kier alpha value is -4.75. The van der Waals surface area contributed by atoms with Gasteiger partial charge in [-0.3, -0.25) is 0 Å². The predicted molar refractivity (Wildman–Crippen MR) is 140 cm³/mol. The van der Waals surface area contributed by atoms with Crippen molar-refractivity contribution in [3.05, 3.63) is 108 Å². The summed E-state index contributed by atoms with van der Waals surface area (Å²) in [7, 11) is 0. The number of benzene rings is 3. The molecule has 7 nitrogen and oxygen atoms in total. The lowest BCUT2D eigenvalue weighted by Gasteiger charge is -2.10. The molecule has 0 aliphatic rings. The smallest absolute Gasteiger partial charge is 0.338 e. The highest BCUT2D eigenvalue weighted by atomic mass is 16.5. The summed E-state index contributed by atoms with van der Waals surface area (Å²) in [5.41, 5.74) is 3.50. The summed E-state index contributed by atoms with van der Waals surface area (Å²) in [4.78, 5) is 35.6. The minimum absolute atomic E-state index is 0.153. The SMILES string of the molecule is C=C(C)C(=O)Oc1ccc(-c2ccc(C=CC(=O)Oc3ccc(OC(=O)C(=C)C)cc3CO)cc2)cc1. The third kappa shape index (κ3) is 7.62. The van der Waals surface area contributed by atoms with Crippen molar-refractivity contribution in [2.75, 3.05) is 0 Å². The molecule has 0 heterocycles. The van der Waals surface area contributed by atoms with E-state index in [-0.39, 0.29) is 17.1 Å². The molecule has 3 aromatic rings. The molecule has 3 rings (SSSR count). The molecule has 37 heavy (non-hydrogen) atoms. The Morgan fingerprint density at radius 2 is 1.27 bits per heavy atom. The van der Waals surface area contributed by atoms with E-state index < -0.39 is 24.5 Å². The van der Waals surface area contributed by atoms with E-state index in [1.165, 1.54) is 31.2 Å². The first-order valence-corrected chi connectivity index (χ1v) is 11.3. The van der Waals surface area contributed by atoms with Crippen molar-refractivity contribution in [3.8, 4) is 28.4 Å². The van der Waals surface area contributed by atoms with Crippen molar-refractivity contribution < 1.29 is 33.7 Å². The number of carbonyl (C=O) groups is 3. The highest BCUT2D eigenvalue weighted by Gasteiger charge is 2.12. The Balaban J connectivity index is 1.62. The Kier molecular flexibility index (Phi) is 8.91. The standard InChI is InChI=1S/C30H26O7/c1-19(2)29(33)35-25-12-10-23(11-13-25)22-8-5-21(6-9-22)7-16-28(32)37-27-15-14-26(17-24(27)18-31)36-30(34)20(3)4/h5-17,31H,1,3,18H2,2,4H3.